The highest BCUT2D eigenvalue weighted by Gasteiger charge is 2.45. The van der Waals surface area contributed by atoms with E-state index < -0.39 is 0 Å². The first-order valence-corrected chi connectivity index (χ1v) is 8.07. The van der Waals surface area contributed by atoms with E-state index in [2.05, 4.69) is 14.5 Å². The number of hydrogen-bond acceptors (Lipinski definition) is 4. The van der Waals surface area contributed by atoms with Crippen LogP contribution in [-0.4, -0.2) is 50.6 Å². The molecule has 0 bridgehead atoms. The molecule has 2 aromatic rings. The molecule has 2 atom stereocenters. The Balaban J connectivity index is 1.48. The lowest BCUT2D eigenvalue weighted by molar-refractivity contribution is -0.0450. The average molecular weight is 312 g/mol. The van der Waals surface area contributed by atoms with Gasteiger partial charge in [0.1, 0.15) is 5.69 Å². The lowest BCUT2D eigenvalue weighted by Crippen LogP contribution is -2.50. The van der Waals surface area contributed by atoms with Crippen LogP contribution in [-0.2, 0) is 4.74 Å². The highest BCUT2D eigenvalue weighted by Crippen LogP contribution is 2.39. The molecule has 0 N–H and O–H groups in total. The van der Waals surface area contributed by atoms with E-state index in [0.29, 0.717) is 24.9 Å². The molecule has 4 rings (SSSR count). The van der Waals surface area contributed by atoms with E-state index in [1.54, 1.807) is 18.5 Å². The first-order chi connectivity index (χ1) is 11.3. The maximum absolute atomic E-state index is 12.6. The van der Waals surface area contributed by atoms with Gasteiger partial charge in [0, 0.05) is 31.6 Å². The molecule has 1 spiro atoms. The van der Waals surface area contributed by atoms with Gasteiger partial charge in [-0.25, -0.2) is 4.98 Å². The third kappa shape index (κ3) is 2.74. The van der Waals surface area contributed by atoms with Gasteiger partial charge in [-0.1, -0.05) is 6.07 Å². The zero-order chi connectivity index (χ0) is 15.7. The fourth-order valence-corrected chi connectivity index (χ4v) is 3.70. The minimum Gasteiger partial charge on any atom is -0.371 e. The molecule has 2 fully saturated rings. The summed E-state index contributed by atoms with van der Waals surface area (Å²) in [6.07, 6.45) is 10.2. The number of imidazole rings is 1. The lowest BCUT2D eigenvalue weighted by atomic mass is 9.88. The fourth-order valence-electron chi connectivity index (χ4n) is 3.70. The normalized spacial score (nSPS) is 27.5. The smallest absolute Gasteiger partial charge is 0.272 e. The van der Waals surface area contributed by atoms with E-state index in [4.69, 9.17) is 4.74 Å². The third-order valence-electron chi connectivity index (χ3n) is 4.85. The summed E-state index contributed by atoms with van der Waals surface area (Å²) in [5, 5.41) is 0. The Kier molecular flexibility index (Phi) is 3.61. The Bertz CT molecular complexity index is 673. The first-order valence-electron chi connectivity index (χ1n) is 8.07. The first kappa shape index (κ1) is 14.4. The van der Waals surface area contributed by atoms with Crippen LogP contribution in [0.4, 0.5) is 0 Å². The molecule has 1 amide bonds. The monoisotopic (exact) mass is 312 g/mol. The van der Waals surface area contributed by atoms with Crippen molar-refractivity contribution in [3.8, 4) is 0 Å². The van der Waals surface area contributed by atoms with Crippen molar-refractivity contribution in [1.29, 1.82) is 0 Å². The number of nitrogens with zero attached hydrogens (tertiary/aromatic N) is 4. The van der Waals surface area contributed by atoms with Gasteiger partial charge in [0.2, 0.25) is 0 Å². The number of carbonyl (C=O) groups is 1. The summed E-state index contributed by atoms with van der Waals surface area (Å²) >= 11 is 0. The topological polar surface area (TPSA) is 60.2 Å². The molecule has 6 nitrogen and oxygen atoms in total. The van der Waals surface area contributed by atoms with E-state index in [0.717, 1.165) is 25.8 Å². The highest BCUT2D eigenvalue weighted by atomic mass is 16.5. The number of rotatable bonds is 2. The van der Waals surface area contributed by atoms with Crippen LogP contribution in [0, 0.1) is 0 Å². The van der Waals surface area contributed by atoms with Crippen molar-refractivity contribution in [2.75, 3.05) is 19.7 Å². The molecule has 2 saturated heterocycles. The zero-order valence-electron chi connectivity index (χ0n) is 13.0. The summed E-state index contributed by atoms with van der Waals surface area (Å²) < 4.78 is 8.28. The number of likely N-dealkylation sites (tertiary alicyclic amines) is 1. The molecule has 2 aliphatic heterocycles. The van der Waals surface area contributed by atoms with Crippen LogP contribution in [0.25, 0.3) is 0 Å². The van der Waals surface area contributed by atoms with Crippen LogP contribution in [0.2, 0.25) is 0 Å². The van der Waals surface area contributed by atoms with Crippen molar-refractivity contribution in [2.45, 2.75) is 30.9 Å². The molecular formula is C17H20N4O2. The summed E-state index contributed by atoms with van der Waals surface area (Å²) in [5.41, 5.74) is 0.283. The van der Waals surface area contributed by atoms with Crippen molar-refractivity contribution >= 4 is 5.91 Å². The summed E-state index contributed by atoms with van der Waals surface area (Å²) in [5.74, 6) is -0.000596. The van der Waals surface area contributed by atoms with Crippen LogP contribution in [0.15, 0.2) is 43.1 Å². The Morgan fingerprint density at radius 3 is 3.09 bits per heavy atom. The quantitative estimate of drug-likeness (QED) is 0.850. The Morgan fingerprint density at radius 1 is 1.35 bits per heavy atom. The number of piperidine rings is 1. The molecule has 0 aliphatic carbocycles. The number of ether oxygens (including phenoxy) is 1. The van der Waals surface area contributed by atoms with Crippen LogP contribution < -0.4 is 0 Å². The van der Waals surface area contributed by atoms with E-state index in [-0.39, 0.29) is 11.5 Å². The number of carbonyl (C=O) groups excluding carboxylic acids is 1. The van der Waals surface area contributed by atoms with Crippen LogP contribution in [0.3, 0.4) is 0 Å². The molecule has 0 unspecified atom stereocenters. The Morgan fingerprint density at radius 2 is 2.30 bits per heavy atom. The summed E-state index contributed by atoms with van der Waals surface area (Å²) in [7, 11) is 0. The minimum atomic E-state index is -0.225. The number of aromatic nitrogens is 3. The van der Waals surface area contributed by atoms with Gasteiger partial charge in [-0.05, 0) is 25.0 Å². The molecular weight excluding hydrogens is 292 g/mol. The average Bonchev–Trinajstić information content (AvgIpc) is 3.25. The SMILES string of the molecule is O=C(c1ccccn1)N1CCC[C@@]2(C[C@@H](n3ccnc3)CO2)C1. The molecule has 2 aliphatic rings. The van der Waals surface area contributed by atoms with Crippen LogP contribution >= 0.6 is 0 Å². The van der Waals surface area contributed by atoms with Gasteiger partial charge in [-0.2, -0.15) is 0 Å². The van der Waals surface area contributed by atoms with Crippen molar-refractivity contribution in [3.63, 3.8) is 0 Å². The second-order valence-electron chi connectivity index (χ2n) is 6.41. The molecule has 0 saturated carbocycles. The zero-order valence-corrected chi connectivity index (χ0v) is 13.0. The van der Waals surface area contributed by atoms with Crippen LogP contribution in [0.5, 0.6) is 0 Å². The van der Waals surface area contributed by atoms with Crippen molar-refractivity contribution < 1.29 is 9.53 Å². The van der Waals surface area contributed by atoms with Gasteiger partial charge in [0.05, 0.1) is 31.1 Å². The highest BCUT2D eigenvalue weighted by molar-refractivity contribution is 5.92. The maximum atomic E-state index is 12.6. The van der Waals surface area contributed by atoms with E-state index >= 15 is 0 Å². The van der Waals surface area contributed by atoms with Crippen molar-refractivity contribution in [2.24, 2.45) is 0 Å². The molecule has 120 valence electrons. The lowest BCUT2D eigenvalue weighted by Gasteiger charge is -2.39. The molecule has 2 aromatic heterocycles. The minimum absolute atomic E-state index is 0.000596. The summed E-state index contributed by atoms with van der Waals surface area (Å²) in [4.78, 5) is 22.8. The van der Waals surface area contributed by atoms with Gasteiger partial charge < -0.3 is 14.2 Å². The Labute approximate surface area is 135 Å². The Hall–Kier alpha value is -2.21. The standard InChI is InChI=1S/C17H20N4O2/c22-16(15-4-1-2-6-19-15)20-8-3-5-17(12-20)10-14(11-23-17)21-9-7-18-13-21/h1-2,4,6-7,9,13-14H,3,5,8,10-12H2/t14-,17-/m1/s1. The predicted molar refractivity (Wildman–Crippen MR) is 83.9 cm³/mol. The van der Waals surface area contributed by atoms with Crippen molar-refractivity contribution in [3.05, 3.63) is 48.8 Å². The third-order valence-corrected chi connectivity index (χ3v) is 4.85. The summed E-state index contributed by atoms with van der Waals surface area (Å²) in [6.45, 7) is 2.10. The van der Waals surface area contributed by atoms with Crippen molar-refractivity contribution in [1.82, 2.24) is 19.4 Å². The molecule has 23 heavy (non-hydrogen) atoms. The molecule has 4 heterocycles. The van der Waals surface area contributed by atoms with E-state index in [9.17, 15) is 4.79 Å². The van der Waals surface area contributed by atoms with Gasteiger partial charge >= 0.3 is 0 Å². The number of pyridine rings is 1. The molecule has 0 radical (unpaired) electrons. The van der Waals surface area contributed by atoms with Crippen LogP contribution in [0.1, 0.15) is 35.8 Å². The number of hydrogen-bond donors (Lipinski definition) is 0. The van der Waals surface area contributed by atoms with Gasteiger partial charge in [-0.15, -0.1) is 0 Å². The second-order valence-corrected chi connectivity index (χ2v) is 6.41. The predicted octanol–water partition coefficient (Wildman–Crippen LogP) is 1.91. The fraction of sp³-hybridized carbons (Fsp3) is 0.471. The van der Waals surface area contributed by atoms with Gasteiger partial charge in [0.15, 0.2) is 0 Å². The molecule has 6 heteroatoms. The van der Waals surface area contributed by atoms with E-state index in [1.165, 1.54) is 0 Å². The molecule has 0 aromatic carbocycles. The van der Waals surface area contributed by atoms with E-state index in [1.807, 2.05) is 29.6 Å². The largest absolute Gasteiger partial charge is 0.371 e. The number of amides is 1. The second kappa shape index (κ2) is 5.77. The summed E-state index contributed by atoms with van der Waals surface area (Å²) in [6, 6.07) is 5.75. The van der Waals surface area contributed by atoms with Gasteiger partial charge in [0.25, 0.3) is 5.91 Å². The van der Waals surface area contributed by atoms with Gasteiger partial charge in [-0.3, -0.25) is 9.78 Å². The maximum Gasteiger partial charge on any atom is 0.272 e.